The molecule has 0 bridgehead atoms. The number of benzene rings is 4. The number of carbonyl (C=O) groups excluding carboxylic acids is 1. The van der Waals surface area contributed by atoms with Gasteiger partial charge in [0.1, 0.15) is 17.3 Å². The highest BCUT2D eigenvalue weighted by Gasteiger charge is 2.28. The maximum atomic E-state index is 13.6. The fourth-order valence-corrected chi connectivity index (χ4v) is 4.34. The first-order valence-corrected chi connectivity index (χ1v) is 12.2. The molecule has 190 valence electrons. The molecule has 0 saturated carbocycles. The molecule has 0 unspecified atom stereocenters. The fourth-order valence-electron chi connectivity index (χ4n) is 4.22. The van der Waals surface area contributed by atoms with E-state index in [2.05, 4.69) is 10.7 Å². The zero-order valence-corrected chi connectivity index (χ0v) is 20.7. The third-order valence-corrected chi connectivity index (χ3v) is 6.37. The van der Waals surface area contributed by atoms with Crippen LogP contribution in [0.2, 0.25) is 5.02 Å². The Morgan fingerprint density at radius 1 is 0.868 bits per heavy atom. The molecule has 2 aliphatic rings. The van der Waals surface area contributed by atoms with Gasteiger partial charge in [0.2, 0.25) is 6.79 Å². The molecule has 2 N–H and O–H groups in total. The molecule has 0 radical (unpaired) electrons. The normalized spacial score (nSPS) is 13.9. The van der Waals surface area contributed by atoms with Crippen molar-refractivity contribution in [3.05, 3.63) is 113 Å². The Bertz CT molecular complexity index is 1520. The molecule has 7 nitrogen and oxygen atoms in total. The van der Waals surface area contributed by atoms with E-state index < -0.39 is 0 Å². The number of nitrogens with one attached hydrogen (secondary N) is 2. The summed E-state index contributed by atoms with van der Waals surface area (Å²) in [6.07, 6.45) is 0. The number of halogens is 2. The van der Waals surface area contributed by atoms with Gasteiger partial charge in [-0.25, -0.2) is 14.2 Å². The third-order valence-electron chi connectivity index (χ3n) is 6.12. The first-order chi connectivity index (χ1) is 18.5. The average molecular weight is 530 g/mol. The van der Waals surface area contributed by atoms with Crippen LogP contribution in [0.4, 0.5) is 14.9 Å². The van der Waals surface area contributed by atoms with Gasteiger partial charge < -0.3 is 19.5 Å². The third kappa shape index (κ3) is 4.94. The van der Waals surface area contributed by atoms with Crippen LogP contribution in [0.1, 0.15) is 11.1 Å². The number of ether oxygens (including phenoxy) is 3. The number of nitrogens with zero attached hydrogens (tertiary/aromatic N) is 1. The average Bonchev–Trinajstić information content (AvgIpc) is 3.59. The number of hydrogen-bond donors (Lipinski definition) is 2. The first kappa shape index (κ1) is 23.7. The van der Waals surface area contributed by atoms with E-state index in [1.807, 2.05) is 18.2 Å². The number of urea groups is 1. The summed E-state index contributed by atoms with van der Waals surface area (Å²) >= 11 is 5.92. The molecule has 0 aromatic heterocycles. The molecule has 0 atom stereocenters. The molecule has 0 aliphatic carbocycles. The van der Waals surface area contributed by atoms with Crippen LogP contribution in [0.3, 0.4) is 0 Å². The molecule has 38 heavy (non-hydrogen) atoms. The molecule has 0 saturated heterocycles. The lowest BCUT2D eigenvalue weighted by molar-refractivity contribution is 0.174. The molecule has 0 spiro atoms. The van der Waals surface area contributed by atoms with Gasteiger partial charge in [0, 0.05) is 21.8 Å². The van der Waals surface area contributed by atoms with Gasteiger partial charge >= 0.3 is 6.03 Å². The summed E-state index contributed by atoms with van der Waals surface area (Å²) in [4.78, 5) is 13.2. The highest BCUT2D eigenvalue weighted by molar-refractivity contribution is 6.30. The summed E-state index contributed by atoms with van der Waals surface area (Å²) in [6.45, 7) is 0.424. The van der Waals surface area contributed by atoms with Crippen molar-refractivity contribution < 1.29 is 23.4 Å². The number of rotatable bonds is 5. The topological polar surface area (TPSA) is 72.1 Å². The predicted octanol–water partition coefficient (Wildman–Crippen LogP) is 6.92. The standard InChI is InChI=1S/C29H21ClFN3O4/c30-20-4-10-23(11-5-20)38-24-12-8-22(9-13-24)32-29(35)34-16-25(18-1-6-21(31)7-2-18)28(33-34)19-3-14-26-27(15-19)37-17-36-26/h1-15,33H,16-17H2,(H,32,35). The summed E-state index contributed by atoms with van der Waals surface area (Å²) in [5.41, 5.74) is 6.97. The van der Waals surface area contributed by atoms with Crippen molar-refractivity contribution in [3.8, 4) is 23.0 Å². The fraction of sp³-hybridized carbons (Fsp3) is 0.0690. The Balaban J connectivity index is 1.19. The summed E-state index contributed by atoms with van der Waals surface area (Å²) in [5.74, 6) is 2.23. The van der Waals surface area contributed by atoms with E-state index in [4.69, 9.17) is 25.8 Å². The van der Waals surface area contributed by atoms with Crippen LogP contribution in [-0.2, 0) is 0 Å². The maximum absolute atomic E-state index is 13.6. The molecular formula is C29H21ClFN3O4. The Morgan fingerprint density at radius 2 is 1.53 bits per heavy atom. The number of carbonyl (C=O) groups is 1. The van der Waals surface area contributed by atoms with Crippen LogP contribution in [-0.4, -0.2) is 24.4 Å². The molecule has 4 aromatic carbocycles. The van der Waals surface area contributed by atoms with Crippen LogP contribution in [0.5, 0.6) is 23.0 Å². The Morgan fingerprint density at radius 3 is 2.26 bits per heavy atom. The van der Waals surface area contributed by atoms with Gasteiger partial charge in [-0.3, -0.25) is 5.43 Å². The lowest BCUT2D eigenvalue weighted by Gasteiger charge is -2.19. The van der Waals surface area contributed by atoms with E-state index in [1.165, 1.54) is 17.1 Å². The van der Waals surface area contributed by atoms with Gasteiger partial charge in [-0.05, 0) is 84.4 Å². The summed E-state index contributed by atoms with van der Waals surface area (Å²) < 4.78 is 30.4. The minimum atomic E-state index is -0.355. The zero-order chi connectivity index (χ0) is 26.1. The quantitative estimate of drug-likeness (QED) is 0.293. The number of fused-ring (bicyclic) bond motifs is 1. The summed E-state index contributed by atoms with van der Waals surface area (Å²) in [6, 6.07) is 25.5. The molecule has 2 heterocycles. The van der Waals surface area contributed by atoms with Crippen molar-refractivity contribution in [2.45, 2.75) is 0 Å². The SMILES string of the molecule is O=C(Nc1ccc(Oc2ccc(Cl)cc2)cc1)N1CC(c2ccc(F)cc2)=C(c2ccc3c(c2)OCO3)N1. The lowest BCUT2D eigenvalue weighted by Crippen LogP contribution is -2.40. The van der Waals surface area contributed by atoms with Gasteiger partial charge in [0.15, 0.2) is 11.5 Å². The van der Waals surface area contributed by atoms with Crippen molar-refractivity contribution in [3.63, 3.8) is 0 Å². The number of amides is 2. The van der Waals surface area contributed by atoms with E-state index >= 15 is 0 Å². The van der Waals surface area contributed by atoms with Gasteiger partial charge in [-0.15, -0.1) is 0 Å². The minimum Gasteiger partial charge on any atom is -0.457 e. The van der Waals surface area contributed by atoms with Gasteiger partial charge in [-0.2, -0.15) is 0 Å². The van der Waals surface area contributed by atoms with E-state index in [0.29, 0.717) is 33.7 Å². The van der Waals surface area contributed by atoms with E-state index in [0.717, 1.165) is 22.4 Å². The molecule has 0 fully saturated rings. The molecule has 4 aromatic rings. The first-order valence-electron chi connectivity index (χ1n) is 11.8. The Hall–Kier alpha value is -4.69. The molecule has 6 rings (SSSR count). The second kappa shape index (κ2) is 9.99. The van der Waals surface area contributed by atoms with Crippen LogP contribution in [0.15, 0.2) is 91.0 Å². The Kier molecular flexibility index (Phi) is 6.23. The van der Waals surface area contributed by atoms with Crippen LogP contribution in [0.25, 0.3) is 11.3 Å². The monoisotopic (exact) mass is 529 g/mol. The van der Waals surface area contributed by atoms with Crippen LogP contribution < -0.4 is 25.0 Å². The lowest BCUT2D eigenvalue weighted by atomic mass is 10.0. The van der Waals surface area contributed by atoms with Crippen LogP contribution in [0, 0.1) is 5.82 Å². The second-order valence-electron chi connectivity index (χ2n) is 8.64. The predicted molar refractivity (Wildman–Crippen MR) is 143 cm³/mol. The number of hydrogen-bond acceptors (Lipinski definition) is 5. The van der Waals surface area contributed by atoms with E-state index in [-0.39, 0.29) is 25.2 Å². The largest absolute Gasteiger partial charge is 0.457 e. The highest BCUT2D eigenvalue weighted by atomic mass is 35.5. The van der Waals surface area contributed by atoms with E-state index in [9.17, 15) is 9.18 Å². The summed E-state index contributed by atoms with van der Waals surface area (Å²) in [7, 11) is 0. The van der Waals surface area contributed by atoms with Crippen molar-refractivity contribution in [1.29, 1.82) is 0 Å². The maximum Gasteiger partial charge on any atom is 0.340 e. The van der Waals surface area contributed by atoms with Gasteiger partial charge in [-0.1, -0.05) is 23.7 Å². The van der Waals surface area contributed by atoms with Crippen molar-refractivity contribution in [2.75, 3.05) is 18.7 Å². The molecule has 9 heteroatoms. The molecule has 2 amide bonds. The van der Waals surface area contributed by atoms with Crippen molar-refractivity contribution in [1.82, 2.24) is 10.4 Å². The molecule has 2 aliphatic heterocycles. The zero-order valence-electron chi connectivity index (χ0n) is 19.9. The highest BCUT2D eigenvalue weighted by Crippen LogP contribution is 2.37. The van der Waals surface area contributed by atoms with Gasteiger partial charge in [0.25, 0.3) is 0 Å². The van der Waals surface area contributed by atoms with Crippen molar-refractivity contribution in [2.24, 2.45) is 0 Å². The van der Waals surface area contributed by atoms with Crippen LogP contribution >= 0.6 is 11.6 Å². The smallest absolute Gasteiger partial charge is 0.340 e. The number of anilines is 1. The second-order valence-corrected chi connectivity index (χ2v) is 9.07. The molecular weight excluding hydrogens is 509 g/mol. The minimum absolute atomic E-state index is 0.161. The summed E-state index contributed by atoms with van der Waals surface area (Å²) in [5, 5.41) is 5.00. The van der Waals surface area contributed by atoms with E-state index in [1.54, 1.807) is 60.7 Å². The number of hydrazine groups is 1. The van der Waals surface area contributed by atoms with Crippen molar-refractivity contribution >= 4 is 34.6 Å². The Labute approximate surface area is 223 Å². The van der Waals surface area contributed by atoms with Gasteiger partial charge in [0.05, 0.1) is 12.2 Å².